The zero-order chi connectivity index (χ0) is 77.6. The number of methoxy groups -OCH3 is 2. The summed E-state index contributed by atoms with van der Waals surface area (Å²) in [6.45, 7) is 36.8. The summed E-state index contributed by atoms with van der Waals surface area (Å²) in [6.07, 6.45) is -15.9. The van der Waals surface area contributed by atoms with E-state index in [0.29, 0.717) is 37.3 Å². The van der Waals surface area contributed by atoms with E-state index < -0.39 is 210 Å². The molecule has 0 spiro atoms. The molecule has 0 aromatic heterocycles. The topological polar surface area (TPSA) is 363 Å². The van der Waals surface area contributed by atoms with Crippen molar-refractivity contribution in [3.63, 3.8) is 0 Å². The van der Waals surface area contributed by atoms with Crippen molar-refractivity contribution in [3.05, 3.63) is 34.9 Å². The van der Waals surface area contributed by atoms with Gasteiger partial charge in [0, 0.05) is 74.4 Å². The molecule has 9 rings (SSSR count). The lowest BCUT2D eigenvalue weighted by molar-refractivity contribution is -0.316. The number of nitrogens with two attached hydrogens (primary N) is 1. The minimum atomic E-state index is -1.81. The zero-order valence-corrected chi connectivity index (χ0v) is 66.5. The van der Waals surface area contributed by atoms with Gasteiger partial charge in [-0.1, -0.05) is 79.1 Å². The lowest BCUT2D eigenvalue weighted by Gasteiger charge is -2.48. The van der Waals surface area contributed by atoms with Crippen molar-refractivity contribution in [1.29, 1.82) is 0 Å². The van der Waals surface area contributed by atoms with E-state index in [4.69, 9.17) is 83.7 Å². The third-order valence-corrected chi connectivity index (χ3v) is 25.3. The summed E-state index contributed by atoms with van der Waals surface area (Å²) in [5, 5.41) is 94.5. The molecule has 600 valence electrons. The van der Waals surface area contributed by atoms with Gasteiger partial charge in [0.1, 0.15) is 47.8 Å². The van der Waals surface area contributed by atoms with Crippen molar-refractivity contribution in [2.45, 2.75) is 377 Å². The number of carbonyl (C=O) groups is 2. The first-order valence-corrected chi connectivity index (χ1v) is 38.6. The van der Waals surface area contributed by atoms with E-state index in [1.165, 1.54) is 28.1 Å². The molecule has 11 N–H and O–H groups in total. The van der Waals surface area contributed by atoms with Crippen LogP contribution in [0, 0.1) is 47.3 Å². The molecule has 27 heteroatoms. The first-order valence-electron chi connectivity index (χ1n) is 38.2. The summed E-state index contributed by atoms with van der Waals surface area (Å²) in [5.74, 6) is -5.55. The Morgan fingerprint density at radius 1 is 0.577 bits per heavy atom. The Kier molecular flexibility index (Phi) is 29.1. The zero-order valence-electron chi connectivity index (χ0n) is 65.7. The average molecular weight is 1500 g/mol. The van der Waals surface area contributed by atoms with Gasteiger partial charge < -0.3 is 118 Å². The smallest absolute Gasteiger partial charge is 0.311 e. The molecule has 8 aliphatic rings. The molecule has 0 saturated carbocycles. The van der Waals surface area contributed by atoms with E-state index in [2.05, 4.69) is 12.2 Å². The van der Waals surface area contributed by atoms with Gasteiger partial charge in [0.15, 0.2) is 25.2 Å². The van der Waals surface area contributed by atoms with Crippen molar-refractivity contribution in [2.24, 2.45) is 53.1 Å². The van der Waals surface area contributed by atoms with E-state index in [1.54, 1.807) is 55.4 Å². The van der Waals surface area contributed by atoms with Crippen LogP contribution in [0.1, 0.15) is 195 Å². The third-order valence-electron chi connectivity index (χ3n) is 25.0. The number of esters is 2. The summed E-state index contributed by atoms with van der Waals surface area (Å²) in [7, 11) is 3.05. The Morgan fingerprint density at radius 3 is 1.35 bits per heavy atom. The van der Waals surface area contributed by atoms with Crippen LogP contribution in [0.15, 0.2) is 24.3 Å². The van der Waals surface area contributed by atoms with Gasteiger partial charge in [0.2, 0.25) is 0 Å². The molecule has 8 saturated heterocycles. The highest BCUT2D eigenvalue weighted by atomic mass is 35.5. The Morgan fingerprint density at radius 2 is 0.962 bits per heavy atom. The van der Waals surface area contributed by atoms with Crippen LogP contribution in [0.3, 0.4) is 0 Å². The van der Waals surface area contributed by atoms with E-state index in [9.17, 15) is 50.4 Å². The van der Waals surface area contributed by atoms with E-state index in [1.807, 2.05) is 86.6 Å². The van der Waals surface area contributed by atoms with Gasteiger partial charge in [-0.05, 0) is 151 Å². The molecule has 14 unspecified atom stereocenters. The molecular weight excluding hydrogens is 1370 g/mol. The second-order valence-corrected chi connectivity index (χ2v) is 34.2. The quantitative estimate of drug-likeness (QED) is 0.0658. The fraction of sp³-hybridized carbons (Fsp3) is 0.896. The van der Waals surface area contributed by atoms with Gasteiger partial charge >= 0.3 is 11.9 Å². The van der Waals surface area contributed by atoms with Crippen LogP contribution >= 0.6 is 11.6 Å². The van der Waals surface area contributed by atoms with Crippen molar-refractivity contribution < 1.29 is 117 Å². The van der Waals surface area contributed by atoms with Gasteiger partial charge in [-0.2, -0.15) is 0 Å². The monoisotopic (exact) mass is 1500 g/mol. The SMILES string of the molecule is CC[C@@H](O)[C@@](C)(O)[C@@H]1OC(=O)[C@H](C)[C@@H](O[C@H]2CC(C)(OC)[C@@H](O)C(C)O2)[C@H](C)[C@@H](O[C@@H]2OC(C)CC(N)C2O)[C@@]2(C)CC(C)C(O2)[C@@H]1C.CC[C@@H](O)[C@@](C)(O)[C@@H]1OC(=O)[C@H](C)[C@@H](O[C@H]2CC(C)(OC)[C@@H](O)C(C)O2)[C@H](C)[C@@H](O[C@@H]2OC(C)CC(NCc3ccc(Cl)cc3)C2O)[C@@]2(C)CC(C)C(O2)[C@@H]1C. The number of aliphatic hydroxyl groups excluding tert-OH is 6. The first kappa shape index (κ1) is 87.2. The maximum atomic E-state index is 14.4. The normalized spacial score (nSPS) is 48.0. The van der Waals surface area contributed by atoms with Crippen LogP contribution in [0.25, 0.3) is 0 Å². The fourth-order valence-corrected chi connectivity index (χ4v) is 18.6. The van der Waals surface area contributed by atoms with E-state index >= 15 is 0 Å². The maximum Gasteiger partial charge on any atom is 0.311 e. The van der Waals surface area contributed by atoms with Crippen LogP contribution in [0.2, 0.25) is 5.02 Å². The Bertz CT molecular complexity index is 2920. The number of halogens is 1. The average Bonchev–Trinajstić information content (AvgIpc) is 1.54. The number of hydrogen-bond acceptors (Lipinski definition) is 26. The molecule has 8 aliphatic heterocycles. The predicted molar refractivity (Wildman–Crippen MR) is 383 cm³/mol. The highest BCUT2D eigenvalue weighted by molar-refractivity contribution is 6.30. The molecular formula is C77H131ClN2O24. The highest BCUT2D eigenvalue weighted by Gasteiger charge is 2.62. The molecule has 1 aromatic rings. The molecule has 1 aromatic carbocycles. The van der Waals surface area contributed by atoms with Crippen LogP contribution in [-0.2, 0) is 82.4 Å². The number of fused-ring (bicyclic) bond motifs is 4. The molecule has 4 bridgehead atoms. The number of aliphatic hydroxyl groups is 8. The van der Waals surface area contributed by atoms with Gasteiger partial charge in [0.25, 0.3) is 0 Å². The Balaban J connectivity index is 0.000000266. The lowest BCUT2D eigenvalue weighted by Crippen LogP contribution is -2.60. The van der Waals surface area contributed by atoms with E-state index in [-0.39, 0.29) is 55.8 Å². The standard InChI is InChI=1S/C42H68ClNO12.C35H63NO12/c1-12-30(45)42(10,49)37-23(4)33-21(2)18-41(9,56-33)36(55-39-32(46)29(17-22(3)51-39)44-20-27-13-15-28(43)16-14-27)24(5)34(25(6)38(48)54-37)53-31-19-40(8,50-11)35(47)26(7)52-31;1-12-23(37)35(10,41)30-18(4)26-16(2)14-34(9,48-26)29(47-32-25(38)22(36)13-17(3)43-32)19(5)27(20(6)31(40)46-30)45-24-15-33(8,42-11)28(39)21(7)44-24/h13-16,21-26,29-37,39,44-47,49H,12,17-20H2,1-11H3;16-30,32,37-39,41H,12-15,36H2,1-11H3/t21?,22?,23-,24-,25+,26?,29?,30+,31-,32?,33?,34-,35-,36+,37+,39-,40?,41+,42+;16?,17?,18-,19-,20+,21?,22?,23+,24-,25?,26?,27-,28-,29+,30+,32-,33?,34+,35+/m00/s1. The number of cyclic esters (lactones) is 2. The number of carbonyl (C=O) groups excluding carboxylic acids is 2. The largest absolute Gasteiger partial charge is 0.459 e. The van der Waals surface area contributed by atoms with Crippen molar-refractivity contribution in [3.8, 4) is 0 Å². The molecule has 8 heterocycles. The van der Waals surface area contributed by atoms with Crippen molar-refractivity contribution in [2.75, 3.05) is 14.2 Å². The summed E-state index contributed by atoms with van der Waals surface area (Å²) in [5.41, 5.74) is -0.243. The summed E-state index contributed by atoms with van der Waals surface area (Å²) < 4.78 is 89.9. The first-order chi connectivity index (χ1) is 48.3. The number of ether oxygens (including phenoxy) is 14. The third kappa shape index (κ3) is 18.5. The second-order valence-electron chi connectivity index (χ2n) is 33.7. The minimum Gasteiger partial charge on any atom is -0.459 e. The van der Waals surface area contributed by atoms with Gasteiger partial charge in [-0.3, -0.25) is 9.59 Å². The predicted octanol–water partition coefficient (Wildman–Crippen LogP) is 6.52. The van der Waals surface area contributed by atoms with Gasteiger partial charge in [-0.25, -0.2) is 0 Å². The maximum absolute atomic E-state index is 14.4. The number of benzene rings is 1. The van der Waals surface area contributed by atoms with Gasteiger partial charge in [-0.15, -0.1) is 0 Å². The summed E-state index contributed by atoms with van der Waals surface area (Å²) in [4.78, 5) is 28.6. The molecule has 0 aliphatic carbocycles. The minimum absolute atomic E-state index is 0.0694. The van der Waals surface area contributed by atoms with Crippen molar-refractivity contribution >= 4 is 23.5 Å². The molecule has 104 heavy (non-hydrogen) atoms. The van der Waals surface area contributed by atoms with Crippen LogP contribution < -0.4 is 11.1 Å². The molecule has 26 nitrogen and oxygen atoms in total. The van der Waals surface area contributed by atoms with Gasteiger partial charge in [0.05, 0.1) is 107 Å². The second kappa shape index (κ2) is 34.7. The molecule has 38 atom stereocenters. The summed E-state index contributed by atoms with van der Waals surface area (Å²) >= 11 is 6.11. The van der Waals surface area contributed by atoms with Crippen LogP contribution in [-0.4, -0.2) is 248 Å². The molecule has 0 radical (unpaired) electrons. The number of nitrogens with one attached hydrogen (secondary N) is 1. The fourth-order valence-electron chi connectivity index (χ4n) is 18.5. The van der Waals surface area contributed by atoms with Crippen LogP contribution in [0.5, 0.6) is 0 Å². The number of hydrogen-bond donors (Lipinski definition) is 10. The van der Waals surface area contributed by atoms with Crippen molar-refractivity contribution in [1.82, 2.24) is 5.32 Å². The lowest BCUT2D eigenvalue weighted by atomic mass is 9.76. The molecule has 0 amide bonds. The van der Waals surface area contributed by atoms with Crippen LogP contribution in [0.4, 0.5) is 0 Å². The molecule has 8 fully saturated rings. The highest BCUT2D eigenvalue weighted by Crippen LogP contribution is 2.51. The number of rotatable bonds is 19. The Labute approximate surface area is 622 Å². The summed E-state index contributed by atoms with van der Waals surface area (Å²) in [6, 6.07) is 6.59. The Hall–Kier alpha value is -2.43. The van der Waals surface area contributed by atoms with E-state index in [0.717, 1.165) is 5.56 Å².